The molecular weight excluding hydrogens is 358 g/mol. The molecule has 1 aromatic carbocycles. The van der Waals surface area contributed by atoms with Crippen molar-refractivity contribution in [1.29, 1.82) is 0 Å². The normalized spacial score (nSPS) is 21.6. The number of amides is 2. The summed E-state index contributed by atoms with van der Waals surface area (Å²) in [5, 5.41) is 6.47. The minimum absolute atomic E-state index is 0. The third-order valence-corrected chi connectivity index (χ3v) is 5.69. The van der Waals surface area contributed by atoms with Gasteiger partial charge in [-0.25, -0.2) is 0 Å². The van der Waals surface area contributed by atoms with Crippen molar-refractivity contribution in [2.24, 2.45) is 0 Å². The second kappa shape index (κ2) is 9.46. The molecular formula is C18H26ClN3O2S. The molecule has 2 aliphatic heterocycles. The Morgan fingerprint density at radius 1 is 1.48 bits per heavy atom. The summed E-state index contributed by atoms with van der Waals surface area (Å²) in [4.78, 5) is 26.0. The first-order chi connectivity index (χ1) is 11.6. The lowest BCUT2D eigenvalue weighted by Crippen LogP contribution is -2.41. The van der Waals surface area contributed by atoms with Crippen LogP contribution in [0.3, 0.4) is 0 Å². The van der Waals surface area contributed by atoms with E-state index < -0.39 is 0 Å². The smallest absolute Gasteiger partial charge is 0.227 e. The number of halogens is 1. The van der Waals surface area contributed by atoms with Crippen LogP contribution in [0.2, 0.25) is 0 Å². The van der Waals surface area contributed by atoms with Crippen molar-refractivity contribution in [2.75, 3.05) is 29.5 Å². The average Bonchev–Trinajstić information content (AvgIpc) is 3.02. The molecule has 0 bridgehead atoms. The molecule has 5 nitrogen and oxygen atoms in total. The van der Waals surface area contributed by atoms with E-state index in [-0.39, 0.29) is 36.3 Å². The minimum atomic E-state index is -0.0635. The third kappa shape index (κ3) is 5.36. The van der Waals surface area contributed by atoms with E-state index >= 15 is 0 Å². The Hall–Kier alpha value is -1.24. The molecule has 1 aromatic rings. The first-order valence-corrected chi connectivity index (χ1v) is 9.80. The second-order valence-corrected chi connectivity index (χ2v) is 7.61. The van der Waals surface area contributed by atoms with Crippen molar-refractivity contribution in [2.45, 2.75) is 38.3 Å². The van der Waals surface area contributed by atoms with Gasteiger partial charge in [-0.2, -0.15) is 11.8 Å². The average molecular weight is 384 g/mol. The summed E-state index contributed by atoms with van der Waals surface area (Å²) in [5.41, 5.74) is 1.97. The summed E-state index contributed by atoms with van der Waals surface area (Å²) in [6.45, 7) is 3.75. The van der Waals surface area contributed by atoms with Gasteiger partial charge in [0, 0.05) is 49.2 Å². The molecule has 0 aromatic heterocycles. The molecule has 2 amide bonds. The fourth-order valence-corrected chi connectivity index (χ4v) is 4.19. The van der Waals surface area contributed by atoms with Crippen molar-refractivity contribution in [1.82, 2.24) is 10.6 Å². The first-order valence-electron chi connectivity index (χ1n) is 8.64. The molecule has 25 heavy (non-hydrogen) atoms. The summed E-state index contributed by atoms with van der Waals surface area (Å²) in [6, 6.07) is 8.14. The molecule has 0 radical (unpaired) electrons. The Balaban J connectivity index is 0.00000225. The Morgan fingerprint density at radius 3 is 3.00 bits per heavy atom. The number of benzene rings is 1. The van der Waals surface area contributed by atoms with E-state index in [1.165, 1.54) is 0 Å². The van der Waals surface area contributed by atoms with E-state index in [9.17, 15) is 9.59 Å². The van der Waals surface area contributed by atoms with Crippen LogP contribution in [0.15, 0.2) is 24.3 Å². The molecule has 0 aliphatic carbocycles. The summed E-state index contributed by atoms with van der Waals surface area (Å²) in [7, 11) is 0. The maximum atomic E-state index is 12.3. The highest BCUT2D eigenvalue weighted by Crippen LogP contribution is 2.24. The highest BCUT2D eigenvalue weighted by Gasteiger charge is 2.23. The van der Waals surface area contributed by atoms with Crippen molar-refractivity contribution < 1.29 is 9.59 Å². The largest absolute Gasteiger partial charge is 0.350 e. The van der Waals surface area contributed by atoms with Crippen LogP contribution in [0.25, 0.3) is 0 Å². The first kappa shape index (κ1) is 20.1. The quantitative estimate of drug-likeness (QED) is 0.820. The predicted octanol–water partition coefficient (Wildman–Crippen LogP) is 2.51. The molecule has 2 atom stereocenters. The van der Waals surface area contributed by atoms with Gasteiger partial charge in [0.1, 0.15) is 0 Å². The van der Waals surface area contributed by atoms with Crippen molar-refractivity contribution >= 4 is 41.7 Å². The van der Waals surface area contributed by atoms with Gasteiger partial charge in [-0.05, 0) is 31.0 Å². The lowest BCUT2D eigenvalue weighted by atomic mass is 10.1. The van der Waals surface area contributed by atoms with Crippen LogP contribution in [-0.4, -0.2) is 42.5 Å². The molecule has 138 valence electrons. The Labute approximate surface area is 159 Å². The maximum absolute atomic E-state index is 12.3. The number of thioether (sulfide) groups is 1. The molecule has 7 heteroatoms. The summed E-state index contributed by atoms with van der Waals surface area (Å²) in [5.74, 6) is 2.38. The van der Waals surface area contributed by atoms with Gasteiger partial charge in [0.05, 0.1) is 6.04 Å². The van der Waals surface area contributed by atoms with Gasteiger partial charge < -0.3 is 15.5 Å². The van der Waals surface area contributed by atoms with Gasteiger partial charge in [-0.15, -0.1) is 12.4 Å². The molecule has 0 saturated carbocycles. The number of hydrogen-bond donors (Lipinski definition) is 2. The summed E-state index contributed by atoms with van der Waals surface area (Å²) >= 11 is 1.90. The van der Waals surface area contributed by atoms with Crippen LogP contribution >= 0.6 is 24.2 Å². The number of carbonyl (C=O) groups excluding carboxylic acids is 2. The van der Waals surface area contributed by atoms with Gasteiger partial charge in [0.2, 0.25) is 11.8 Å². The SMILES string of the molecule is CC(NC(=O)CC1CSCCN1)c1cccc(N2CCCC2=O)c1.Cl. The van der Waals surface area contributed by atoms with Crippen LogP contribution in [0.1, 0.15) is 37.8 Å². The molecule has 2 N–H and O–H groups in total. The number of nitrogens with one attached hydrogen (secondary N) is 2. The highest BCUT2D eigenvalue weighted by atomic mass is 35.5. The van der Waals surface area contributed by atoms with Gasteiger partial charge in [0.25, 0.3) is 0 Å². The van der Waals surface area contributed by atoms with Crippen molar-refractivity contribution in [3.8, 4) is 0 Å². The zero-order valence-corrected chi connectivity index (χ0v) is 16.1. The standard InChI is InChI=1S/C18H25N3O2S.ClH/c1-13(20-17(22)11-15-12-24-9-7-19-15)14-4-2-5-16(10-14)21-8-3-6-18(21)23;/h2,4-5,10,13,15,19H,3,6-9,11-12H2,1H3,(H,20,22);1H. The van der Waals surface area contributed by atoms with E-state index in [0.717, 1.165) is 42.3 Å². The lowest BCUT2D eigenvalue weighted by Gasteiger charge is -2.24. The molecule has 2 aliphatic rings. The lowest BCUT2D eigenvalue weighted by molar-refractivity contribution is -0.122. The summed E-state index contributed by atoms with van der Waals surface area (Å²) < 4.78 is 0. The van der Waals surface area contributed by atoms with Gasteiger partial charge in [-0.1, -0.05) is 12.1 Å². The molecule has 2 fully saturated rings. The topological polar surface area (TPSA) is 61.4 Å². The highest BCUT2D eigenvalue weighted by molar-refractivity contribution is 7.99. The van der Waals surface area contributed by atoms with E-state index in [1.54, 1.807) is 0 Å². The van der Waals surface area contributed by atoms with Crippen LogP contribution in [-0.2, 0) is 9.59 Å². The number of anilines is 1. The van der Waals surface area contributed by atoms with Crippen molar-refractivity contribution in [3.63, 3.8) is 0 Å². The molecule has 2 saturated heterocycles. The monoisotopic (exact) mass is 383 g/mol. The van der Waals surface area contributed by atoms with Crippen LogP contribution < -0.4 is 15.5 Å². The Kier molecular flexibility index (Phi) is 7.59. The molecule has 2 heterocycles. The molecule has 2 unspecified atom stereocenters. The summed E-state index contributed by atoms with van der Waals surface area (Å²) in [6.07, 6.45) is 2.06. The van der Waals surface area contributed by atoms with Crippen molar-refractivity contribution in [3.05, 3.63) is 29.8 Å². The Morgan fingerprint density at radius 2 is 2.32 bits per heavy atom. The van der Waals surface area contributed by atoms with E-state index in [0.29, 0.717) is 12.8 Å². The zero-order valence-electron chi connectivity index (χ0n) is 14.5. The minimum Gasteiger partial charge on any atom is -0.350 e. The predicted molar refractivity (Wildman–Crippen MR) is 106 cm³/mol. The number of rotatable bonds is 5. The second-order valence-electron chi connectivity index (χ2n) is 6.46. The molecule has 3 rings (SSSR count). The third-order valence-electron chi connectivity index (χ3n) is 4.56. The van der Waals surface area contributed by atoms with Gasteiger partial charge in [-0.3, -0.25) is 9.59 Å². The number of nitrogens with zero attached hydrogens (tertiary/aromatic N) is 1. The van der Waals surface area contributed by atoms with Gasteiger partial charge >= 0.3 is 0 Å². The fourth-order valence-electron chi connectivity index (χ4n) is 3.24. The van der Waals surface area contributed by atoms with E-state index in [2.05, 4.69) is 10.6 Å². The Bertz CT molecular complexity index is 608. The van der Waals surface area contributed by atoms with E-state index in [1.807, 2.05) is 47.9 Å². The zero-order chi connectivity index (χ0) is 16.9. The number of carbonyl (C=O) groups is 2. The maximum Gasteiger partial charge on any atom is 0.227 e. The van der Waals surface area contributed by atoms with Crippen LogP contribution in [0.4, 0.5) is 5.69 Å². The van der Waals surface area contributed by atoms with Crippen LogP contribution in [0.5, 0.6) is 0 Å². The van der Waals surface area contributed by atoms with Gasteiger partial charge in [0.15, 0.2) is 0 Å². The molecule has 0 spiro atoms. The number of hydrogen-bond acceptors (Lipinski definition) is 4. The fraction of sp³-hybridized carbons (Fsp3) is 0.556. The van der Waals surface area contributed by atoms with E-state index in [4.69, 9.17) is 0 Å². The van der Waals surface area contributed by atoms with Crippen LogP contribution in [0, 0.1) is 0 Å².